The maximum atomic E-state index is 13.7. The molecule has 0 N–H and O–H groups in total. The van der Waals surface area contributed by atoms with Crippen molar-refractivity contribution < 1.29 is 22.4 Å². The number of fused-ring (bicyclic) bond motifs is 1. The van der Waals surface area contributed by atoms with Gasteiger partial charge in [0, 0.05) is 18.7 Å². The molecule has 2 aliphatic rings. The Hall–Kier alpha value is -3.52. The van der Waals surface area contributed by atoms with Gasteiger partial charge in [0.1, 0.15) is 11.5 Å². The van der Waals surface area contributed by atoms with Crippen LogP contribution in [0.15, 0.2) is 77.8 Å². The number of alkyl halides is 3. The summed E-state index contributed by atoms with van der Waals surface area (Å²) in [6.45, 7) is 2.08. The number of halogens is 4. The van der Waals surface area contributed by atoms with E-state index in [-0.39, 0.29) is 17.3 Å². The first-order chi connectivity index (χ1) is 17.3. The smallest absolute Gasteiger partial charge is 0.293 e. The number of benzene rings is 3. The number of carbonyl (C=O) groups excluding carboxylic acids is 1. The zero-order valence-electron chi connectivity index (χ0n) is 19.5. The summed E-state index contributed by atoms with van der Waals surface area (Å²) in [6, 6.07) is 20.0. The van der Waals surface area contributed by atoms with Crippen molar-refractivity contribution in [3.05, 3.63) is 95.3 Å². The molecule has 3 aromatic carbocycles. The van der Waals surface area contributed by atoms with Gasteiger partial charge in [0.05, 0.1) is 23.6 Å². The minimum Gasteiger partial charge on any atom is -0.293 e. The number of anilines is 1. The van der Waals surface area contributed by atoms with Crippen LogP contribution in [0.4, 0.5) is 28.9 Å². The fraction of sp³-hybridized carbons (Fsp3) is 0.286. The van der Waals surface area contributed by atoms with E-state index in [2.05, 4.69) is 34.2 Å². The van der Waals surface area contributed by atoms with Gasteiger partial charge in [0.2, 0.25) is 0 Å². The molecule has 8 heteroatoms. The van der Waals surface area contributed by atoms with Crippen LogP contribution in [-0.2, 0) is 17.4 Å². The van der Waals surface area contributed by atoms with Gasteiger partial charge in [0.15, 0.2) is 0 Å². The average molecular weight is 496 g/mol. The van der Waals surface area contributed by atoms with E-state index in [4.69, 9.17) is 0 Å². The molecule has 1 fully saturated rings. The summed E-state index contributed by atoms with van der Waals surface area (Å²) < 4.78 is 53.2. The summed E-state index contributed by atoms with van der Waals surface area (Å²) in [7, 11) is 0. The highest BCUT2D eigenvalue weighted by atomic mass is 19.4. The van der Waals surface area contributed by atoms with Crippen molar-refractivity contribution in [1.29, 1.82) is 0 Å². The molecule has 0 bridgehead atoms. The van der Waals surface area contributed by atoms with Crippen molar-refractivity contribution in [3.63, 3.8) is 0 Å². The number of para-hydroxylation sites is 1. The van der Waals surface area contributed by atoms with Gasteiger partial charge in [-0.3, -0.25) is 14.6 Å². The molecule has 4 nitrogen and oxygen atoms in total. The third-order valence-corrected chi connectivity index (χ3v) is 6.81. The van der Waals surface area contributed by atoms with Gasteiger partial charge in [-0.05, 0) is 55.0 Å². The van der Waals surface area contributed by atoms with Gasteiger partial charge in [-0.2, -0.15) is 13.2 Å². The standard InChI is InChI=1S/C28H25F4N3O/c29-24-11-10-21(17-23(24)28(30,31)32)33-26-22-8-4-5-9-25(22)35(27(26)36)18-34-14-12-20(13-15-34)16-19-6-2-1-3-7-19/h1-11,17,20H,12-16,18H2. The zero-order valence-corrected chi connectivity index (χ0v) is 19.5. The van der Waals surface area contributed by atoms with Crippen LogP contribution in [0.3, 0.4) is 0 Å². The molecule has 0 spiro atoms. The first-order valence-corrected chi connectivity index (χ1v) is 11.9. The van der Waals surface area contributed by atoms with Gasteiger partial charge >= 0.3 is 6.18 Å². The molecule has 0 radical (unpaired) electrons. The topological polar surface area (TPSA) is 35.9 Å². The number of likely N-dealkylation sites (tertiary alicyclic amines) is 1. The Morgan fingerprint density at radius 1 is 0.917 bits per heavy atom. The monoisotopic (exact) mass is 495 g/mol. The number of rotatable bonds is 5. The molecule has 0 aromatic heterocycles. The molecule has 36 heavy (non-hydrogen) atoms. The first kappa shape index (κ1) is 24.2. The fourth-order valence-electron chi connectivity index (χ4n) is 4.92. The molecule has 0 unspecified atom stereocenters. The molecule has 1 amide bonds. The maximum Gasteiger partial charge on any atom is 0.419 e. The predicted octanol–water partition coefficient (Wildman–Crippen LogP) is 6.22. The summed E-state index contributed by atoms with van der Waals surface area (Å²) in [5.74, 6) is -1.16. The molecule has 186 valence electrons. The Labute approximate surface area is 206 Å². The minimum atomic E-state index is -4.85. The van der Waals surface area contributed by atoms with E-state index in [9.17, 15) is 22.4 Å². The van der Waals surface area contributed by atoms with Crippen molar-refractivity contribution in [2.45, 2.75) is 25.4 Å². The van der Waals surface area contributed by atoms with Gasteiger partial charge in [0.25, 0.3) is 5.91 Å². The van der Waals surface area contributed by atoms with E-state index in [1.807, 2.05) is 18.2 Å². The van der Waals surface area contributed by atoms with E-state index in [0.717, 1.165) is 44.5 Å². The lowest BCUT2D eigenvalue weighted by Gasteiger charge is -2.34. The minimum absolute atomic E-state index is 0.0595. The van der Waals surface area contributed by atoms with Crippen molar-refractivity contribution in [2.24, 2.45) is 10.9 Å². The van der Waals surface area contributed by atoms with Crippen molar-refractivity contribution in [3.8, 4) is 0 Å². The molecule has 0 saturated carbocycles. The molecule has 5 rings (SSSR count). The molecule has 2 aliphatic heterocycles. The molecular formula is C28H25F4N3O. The van der Waals surface area contributed by atoms with E-state index in [0.29, 0.717) is 29.9 Å². The quantitative estimate of drug-likeness (QED) is 0.394. The van der Waals surface area contributed by atoms with Crippen molar-refractivity contribution >= 4 is 23.0 Å². The Balaban J connectivity index is 1.32. The Kier molecular flexibility index (Phi) is 6.62. The van der Waals surface area contributed by atoms with Crippen LogP contribution in [0.2, 0.25) is 0 Å². The predicted molar refractivity (Wildman–Crippen MR) is 131 cm³/mol. The molecule has 2 heterocycles. The SMILES string of the molecule is O=C1C(=Nc2ccc(F)c(C(F)(F)F)c2)c2ccccc2N1CN1CCC(Cc2ccccc2)CC1. The van der Waals surface area contributed by atoms with Crippen LogP contribution in [-0.4, -0.2) is 36.3 Å². The molecular weight excluding hydrogens is 470 g/mol. The molecule has 0 aliphatic carbocycles. The van der Waals surface area contributed by atoms with Gasteiger partial charge < -0.3 is 0 Å². The fourth-order valence-corrected chi connectivity index (χ4v) is 4.92. The third kappa shape index (κ3) is 5.04. The van der Waals surface area contributed by atoms with E-state index in [1.165, 1.54) is 5.56 Å². The van der Waals surface area contributed by atoms with Crippen LogP contribution in [0.5, 0.6) is 0 Å². The maximum absolute atomic E-state index is 13.7. The number of carbonyl (C=O) groups is 1. The Morgan fingerprint density at radius 3 is 2.33 bits per heavy atom. The Morgan fingerprint density at radius 2 is 1.61 bits per heavy atom. The average Bonchev–Trinajstić information content (AvgIpc) is 3.12. The summed E-state index contributed by atoms with van der Waals surface area (Å²) >= 11 is 0. The second kappa shape index (κ2) is 9.85. The largest absolute Gasteiger partial charge is 0.419 e. The summed E-state index contributed by atoms with van der Waals surface area (Å²) in [6.07, 6.45) is -1.77. The highest BCUT2D eigenvalue weighted by Crippen LogP contribution is 2.36. The second-order valence-electron chi connectivity index (χ2n) is 9.27. The number of hydrogen-bond acceptors (Lipinski definition) is 3. The summed E-state index contributed by atoms with van der Waals surface area (Å²) in [4.78, 5) is 21.5. The molecule has 1 saturated heterocycles. The van der Waals surface area contributed by atoms with Crippen molar-refractivity contribution in [2.75, 3.05) is 24.7 Å². The van der Waals surface area contributed by atoms with Crippen molar-refractivity contribution in [1.82, 2.24) is 4.90 Å². The lowest BCUT2D eigenvalue weighted by Crippen LogP contribution is -2.44. The number of piperidine rings is 1. The highest BCUT2D eigenvalue weighted by Gasteiger charge is 2.37. The summed E-state index contributed by atoms with van der Waals surface area (Å²) in [5, 5.41) is 0. The van der Waals surface area contributed by atoms with Crippen LogP contribution in [0, 0.1) is 11.7 Å². The number of nitrogens with zero attached hydrogens (tertiary/aromatic N) is 3. The van der Waals surface area contributed by atoms with Crippen LogP contribution >= 0.6 is 0 Å². The van der Waals surface area contributed by atoms with Crippen LogP contribution in [0.1, 0.15) is 29.5 Å². The van der Waals surface area contributed by atoms with E-state index >= 15 is 0 Å². The highest BCUT2D eigenvalue weighted by molar-refractivity contribution is 6.54. The lowest BCUT2D eigenvalue weighted by atomic mass is 9.90. The third-order valence-electron chi connectivity index (χ3n) is 6.81. The number of hydrogen-bond donors (Lipinski definition) is 0. The van der Waals surface area contributed by atoms with E-state index < -0.39 is 17.6 Å². The van der Waals surface area contributed by atoms with Gasteiger partial charge in [-0.1, -0.05) is 48.5 Å². The molecule has 0 atom stereocenters. The van der Waals surface area contributed by atoms with Crippen LogP contribution < -0.4 is 4.90 Å². The van der Waals surface area contributed by atoms with E-state index in [1.54, 1.807) is 17.0 Å². The zero-order chi connectivity index (χ0) is 25.3. The molecule has 3 aromatic rings. The lowest BCUT2D eigenvalue weighted by molar-refractivity contribution is -0.139. The normalized spacial score (nSPS) is 18.2. The summed E-state index contributed by atoms with van der Waals surface area (Å²) in [5.41, 5.74) is 1.09. The second-order valence-corrected chi connectivity index (χ2v) is 9.27. The van der Waals surface area contributed by atoms with Gasteiger partial charge in [-0.25, -0.2) is 9.38 Å². The number of aliphatic imine (C=N–C) groups is 1. The first-order valence-electron chi connectivity index (χ1n) is 11.9. The van der Waals surface area contributed by atoms with Gasteiger partial charge in [-0.15, -0.1) is 0 Å². The van der Waals surface area contributed by atoms with Crippen LogP contribution in [0.25, 0.3) is 0 Å². The number of amides is 1. The Bertz CT molecular complexity index is 1280.